The summed E-state index contributed by atoms with van der Waals surface area (Å²) in [6.45, 7) is 6.77. The third-order valence-corrected chi connectivity index (χ3v) is 4.25. The van der Waals surface area contributed by atoms with Gasteiger partial charge in [0.15, 0.2) is 12.4 Å². The summed E-state index contributed by atoms with van der Waals surface area (Å²) in [7, 11) is 0. The summed E-state index contributed by atoms with van der Waals surface area (Å²) in [5.41, 5.74) is 2.83. The zero-order valence-electron chi connectivity index (χ0n) is 14.9. The summed E-state index contributed by atoms with van der Waals surface area (Å²) < 4.78 is 9.10. The van der Waals surface area contributed by atoms with Crippen molar-refractivity contribution in [2.75, 3.05) is 5.32 Å². The highest BCUT2D eigenvalue weighted by Crippen LogP contribution is 2.22. The molecule has 7 nitrogen and oxygen atoms in total. The molecule has 0 aliphatic heterocycles. The summed E-state index contributed by atoms with van der Waals surface area (Å²) in [6, 6.07) is 7.05. The van der Waals surface area contributed by atoms with E-state index in [1.165, 1.54) is 0 Å². The first kappa shape index (κ1) is 18.0. The fourth-order valence-corrected chi connectivity index (χ4v) is 2.77. The fraction of sp³-hybridized carbons (Fsp3) is 0.278. The summed E-state index contributed by atoms with van der Waals surface area (Å²) in [4.78, 5) is 12.4. The second kappa shape index (κ2) is 7.61. The van der Waals surface area contributed by atoms with Gasteiger partial charge in [-0.25, -0.2) is 4.68 Å². The number of rotatable bonds is 6. The first-order valence-corrected chi connectivity index (χ1v) is 8.62. The highest BCUT2D eigenvalue weighted by atomic mass is 35.5. The lowest BCUT2D eigenvalue weighted by molar-refractivity contribution is 0.102. The predicted octanol–water partition coefficient (Wildman–Crippen LogP) is 3.66. The lowest BCUT2D eigenvalue weighted by atomic mass is 10.2. The van der Waals surface area contributed by atoms with E-state index in [4.69, 9.17) is 16.3 Å². The Balaban J connectivity index is 1.63. The first-order chi connectivity index (χ1) is 12.5. The number of amides is 1. The third-order valence-electron chi connectivity index (χ3n) is 4.01. The van der Waals surface area contributed by atoms with Crippen molar-refractivity contribution in [3.8, 4) is 5.75 Å². The van der Waals surface area contributed by atoms with Gasteiger partial charge in [-0.05, 0) is 50.6 Å². The van der Waals surface area contributed by atoms with E-state index in [2.05, 4.69) is 15.5 Å². The van der Waals surface area contributed by atoms with E-state index in [1.54, 1.807) is 29.2 Å². The Morgan fingerprint density at radius 1 is 1.31 bits per heavy atom. The molecule has 0 radical (unpaired) electrons. The number of ether oxygens (including phenoxy) is 1. The normalized spacial score (nSPS) is 10.8. The molecule has 1 aromatic carbocycles. The molecule has 136 valence electrons. The maximum atomic E-state index is 12.4. The quantitative estimate of drug-likeness (QED) is 0.715. The molecule has 3 rings (SSSR count). The molecular weight excluding hydrogens is 354 g/mol. The maximum Gasteiger partial charge on any atom is 0.276 e. The molecule has 1 amide bonds. The van der Waals surface area contributed by atoms with Gasteiger partial charge < -0.3 is 10.1 Å². The number of hydrogen-bond acceptors (Lipinski definition) is 4. The number of aryl methyl sites for hydroxylation is 2. The van der Waals surface area contributed by atoms with Crippen LogP contribution in [0.25, 0.3) is 0 Å². The minimum atomic E-state index is -0.287. The number of carbonyl (C=O) groups is 1. The summed E-state index contributed by atoms with van der Waals surface area (Å²) in [5.74, 6) is 0.434. The summed E-state index contributed by atoms with van der Waals surface area (Å²) in [5, 5.41) is 12.0. The Morgan fingerprint density at radius 2 is 2.12 bits per heavy atom. The van der Waals surface area contributed by atoms with Gasteiger partial charge in [0.2, 0.25) is 0 Å². The van der Waals surface area contributed by atoms with Crippen molar-refractivity contribution in [1.82, 2.24) is 19.6 Å². The highest BCUT2D eigenvalue weighted by Gasteiger charge is 2.13. The van der Waals surface area contributed by atoms with Gasteiger partial charge in [0.05, 0.1) is 17.6 Å². The Bertz CT molecular complexity index is 932. The number of carbonyl (C=O) groups excluding carboxylic acids is 1. The lowest BCUT2D eigenvalue weighted by Gasteiger charge is -2.09. The molecule has 0 aliphatic rings. The number of nitrogens with zero attached hydrogens (tertiary/aromatic N) is 4. The van der Waals surface area contributed by atoms with Crippen LogP contribution >= 0.6 is 11.6 Å². The van der Waals surface area contributed by atoms with Crippen molar-refractivity contribution in [2.45, 2.75) is 34.0 Å². The van der Waals surface area contributed by atoms with Gasteiger partial charge in [0, 0.05) is 17.8 Å². The van der Waals surface area contributed by atoms with Crippen LogP contribution in [0, 0.1) is 13.8 Å². The summed E-state index contributed by atoms with van der Waals surface area (Å²) >= 11 is 5.94. The van der Waals surface area contributed by atoms with Crippen molar-refractivity contribution in [3.05, 3.63) is 58.6 Å². The van der Waals surface area contributed by atoms with E-state index in [9.17, 15) is 4.79 Å². The highest BCUT2D eigenvalue weighted by molar-refractivity contribution is 6.30. The second-order valence-corrected chi connectivity index (χ2v) is 6.27. The Morgan fingerprint density at radius 3 is 2.81 bits per heavy atom. The molecule has 26 heavy (non-hydrogen) atoms. The molecule has 2 aromatic heterocycles. The van der Waals surface area contributed by atoms with Crippen LogP contribution in [-0.2, 0) is 13.3 Å². The van der Waals surface area contributed by atoms with Gasteiger partial charge >= 0.3 is 0 Å². The Hall–Kier alpha value is -2.80. The van der Waals surface area contributed by atoms with Gasteiger partial charge in [0.1, 0.15) is 5.75 Å². The van der Waals surface area contributed by atoms with Crippen LogP contribution < -0.4 is 10.1 Å². The van der Waals surface area contributed by atoms with Crippen molar-refractivity contribution in [3.63, 3.8) is 0 Å². The standard InChI is InChI=1S/C18H20ClN5O2/c1-4-24-13(3)16(10-20-24)21-18(25)15-7-8-23(22-15)11-26-17-6-5-14(19)9-12(17)2/h5-10H,4,11H2,1-3H3,(H,21,25). The largest absolute Gasteiger partial charge is 0.471 e. The molecular formula is C18H20ClN5O2. The van der Waals surface area contributed by atoms with E-state index in [0.29, 0.717) is 16.4 Å². The summed E-state index contributed by atoms with van der Waals surface area (Å²) in [6.07, 6.45) is 3.34. The number of anilines is 1. The van der Waals surface area contributed by atoms with E-state index >= 15 is 0 Å². The van der Waals surface area contributed by atoms with Crippen molar-refractivity contribution in [1.29, 1.82) is 0 Å². The first-order valence-electron chi connectivity index (χ1n) is 8.24. The minimum Gasteiger partial charge on any atom is -0.471 e. The van der Waals surface area contributed by atoms with Gasteiger partial charge in [-0.2, -0.15) is 10.2 Å². The second-order valence-electron chi connectivity index (χ2n) is 5.84. The molecule has 0 aliphatic carbocycles. The third kappa shape index (κ3) is 3.88. The zero-order valence-corrected chi connectivity index (χ0v) is 15.6. The van der Waals surface area contributed by atoms with Crippen molar-refractivity contribution >= 4 is 23.2 Å². The smallest absolute Gasteiger partial charge is 0.276 e. The zero-order chi connectivity index (χ0) is 18.7. The van der Waals surface area contributed by atoms with E-state index in [-0.39, 0.29) is 12.6 Å². The average molecular weight is 374 g/mol. The number of hydrogen-bond donors (Lipinski definition) is 1. The molecule has 1 N–H and O–H groups in total. The predicted molar refractivity (Wildman–Crippen MR) is 99.6 cm³/mol. The Kier molecular flexibility index (Phi) is 5.27. The van der Waals surface area contributed by atoms with Crippen molar-refractivity contribution < 1.29 is 9.53 Å². The topological polar surface area (TPSA) is 74.0 Å². The van der Waals surface area contributed by atoms with Crippen LogP contribution in [-0.4, -0.2) is 25.5 Å². The maximum absolute atomic E-state index is 12.4. The number of halogens is 1. The molecule has 0 fully saturated rings. The van der Waals surface area contributed by atoms with Crippen molar-refractivity contribution in [2.24, 2.45) is 0 Å². The van der Waals surface area contributed by atoms with Crippen LogP contribution in [0.2, 0.25) is 5.02 Å². The Labute approximate surface area is 156 Å². The number of nitrogens with one attached hydrogen (secondary N) is 1. The SMILES string of the molecule is CCn1ncc(NC(=O)c2ccn(COc3ccc(Cl)cc3C)n2)c1C. The molecule has 0 saturated carbocycles. The van der Waals surface area contributed by atoms with Crippen LogP contribution in [0.5, 0.6) is 5.75 Å². The van der Waals surface area contributed by atoms with E-state index in [1.807, 2.05) is 37.6 Å². The molecule has 8 heteroatoms. The molecule has 0 saturated heterocycles. The van der Waals surface area contributed by atoms with Crippen LogP contribution in [0.4, 0.5) is 5.69 Å². The van der Waals surface area contributed by atoms with Crippen LogP contribution in [0.3, 0.4) is 0 Å². The molecule has 0 unspecified atom stereocenters. The van der Waals surface area contributed by atoms with E-state index in [0.717, 1.165) is 23.6 Å². The fourth-order valence-electron chi connectivity index (χ4n) is 2.54. The lowest BCUT2D eigenvalue weighted by Crippen LogP contribution is -2.15. The van der Waals surface area contributed by atoms with Gasteiger partial charge in [-0.3, -0.25) is 9.48 Å². The van der Waals surface area contributed by atoms with E-state index < -0.39 is 0 Å². The number of benzene rings is 1. The molecule has 0 spiro atoms. The van der Waals surface area contributed by atoms with Crippen LogP contribution in [0.15, 0.2) is 36.7 Å². The van der Waals surface area contributed by atoms with Gasteiger partial charge in [-0.15, -0.1) is 0 Å². The molecule has 3 aromatic rings. The molecule has 2 heterocycles. The monoisotopic (exact) mass is 373 g/mol. The molecule has 0 bridgehead atoms. The molecule has 0 atom stereocenters. The van der Waals surface area contributed by atoms with Gasteiger partial charge in [0.25, 0.3) is 5.91 Å². The van der Waals surface area contributed by atoms with Crippen LogP contribution in [0.1, 0.15) is 28.7 Å². The van der Waals surface area contributed by atoms with Gasteiger partial charge in [-0.1, -0.05) is 11.6 Å². The number of aromatic nitrogens is 4. The average Bonchev–Trinajstić information content (AvgIpc) is 3.22. The minimum absolute atomic E-state index is 0.197.